The van der Waals surface area contributed by atoms with Crippen LogP contribution in [0.25, 0.3) is 0 Å². The summed E-state index contributed by atoms with van der Waals surface area (Å²) < 4.78 is 23.5. The van der Waals surface area contributed by atoms with Gasteiger partial charge in [0, 0.05) is 31.8 Å². The highest BCUT2D eigenvalue weighted by Gasteiger charge is 2.47. The van der Waals surface area contributed by atoms with Crippen LogP contribution in [0.3, 0.4) is 0 Å². The number of hydrogen-bond donors (Lipinski definition) is 1. The van der Waals surface area contributed by atoms with Gasteiger partial charge in [-0.05, 0) is 74.9 Å². The van der Waals surface area contributed by atoms with Crippen molar-refractivity contribution in [2.24, 2.45) is 11.3 Å². The number of rotatable bonds is 9. The summed E-state index contributed by atoms with van der Waals surface area (Å²) in [5.41, 5.74) is 1.83. The van der Waals surface area contributed by atoms with E-state index in [1.165, 1.54) is 6.26 Å². The SMILES string of the molecule is CS(=O)(=O)c1ccc(CN2CCC3(CCN(CCC(NC(=O)C4CCC4)c4ccccc4)CC3)C2=O)cc1.Cl. The minimum absolute atomic E-state index is 0. The van der Waals surface area contributed by atoms with Crippen molar-refractivity contribution in [1.29, 1.82) is 0 Å². The number of carbonyl (C=O) groups excluding carboxylic acids is 2. The molecular weight excluding hydrogens is 534 g/mol. The first-order valence-electron chi connectivity index (χ1n) is 13.9. The molecule has 1 N–H and O–H groups in total. The van der Waals surface area contributed by atoms with Gasteiger partial charge in [-0.2, -0.15) is 0 Å². The van der Waals surface area contributed by atoms with Gasteiger partial charge in [0.2, 0.25) is 11.8 Å². The Kier molecular flexibility index (Phi) is 9.40. The predicted octanol–water partition coefficient (Wildman–Crippen LogP) is 4.37. The minimum Gasteiger partial charge on any atom is -0.349 e. The number of halogens is 1. The highest BCUT2D eigenvalue weighted by molar-refractivity contribution is 7.90. The van der Waals surface area contributed by atoms with Crippen LogP contribution in [0, 0.1) is 11.3 Å². The van der Waals surface area contributed by atoms with Crippen LogP contribution in [0.5, 0.6) is 0 Å². The van der Waals surface area contributed by atoms with Crippen molar-refractivity contribution in [3.63, 3.8) is 0 Å². The second-order valence-corrected chi connectivity index (χ2v) is 13.4. The zero-order valence-electron chi connectivity index (χ0n) is 22.7. The summed E-state index contributed by atoms with van der Waals surface area (Å²) >= 11 is 0. The summed E-state index contributed by atoms with van der Waals surface area (Å²) in [5, 5.41) is 3.31. The van der Waals surface area contributed by atoms with Gasteiger partial charge in [-0.25, -0.2) is 8.42 Å². The molecule has 1 aliphatic carbocycles. The number of piperidine rings is 1. The maximum Gasteiger partial charge on any atom is 0.229 e. The summed E-state index contributed by atoms with van der Waals surface area (Å²) in [6.07, 6.45) is 7.81. The molecule has 0 aromatic heterocycles. The predicted molar refractivity (Wildman–Crippen MR) is 154 cm³/mol. The maximum absolute atomic E-state index is 13.5. The van der Waals surface area contributed by atoms with Gasteiger partial charge < -0.3 is 15.1 Å². The summed E-state index contributed by atoms with van der Waals surface area (Å²) in [5.74, 6) is 0.592. The molecule has 39 heavy (non-hydrogen) atoms. The Morgan fingerprint density at radius 2 is 1.64 bits per heavy atom. The smallest absolute Gasteiger partial charge is 0.229 e. The van der Waals surface area contributed by atoms with Crippen molar-refractivity contribution in [3.05, 3.63) is 65.7 Å². The highest BCUT2D eigenvalue weighted by Crippen LogP contribution is 2.42. The van der Waals surface area contributed by atoms with Crippen LogP contribution in [0.4, 0.5) is 0 Å². The quantitative estimate of drug-likeness (QED) is 0.481. The van der Waals surface area contributed by atoms with Crippen molar-refractivity contribution in [2.75, 3.05) is 32.4 Å². The number of sulfone groups is 1. The Labute approximate surface area is 238 Å². The molecule has 1 spiro atoms. The first-order chi connectivity index (χ1) is 18.2. The Balaban J connectivity index is 0.00000353. The monoisotopic (exact) mass is 573 g/mol. The maximum atomic E-state index is 13.5. The number of likely N-dealkylation sites (tertiary alicyclic amines) is 2. The van der Waals surface area contributed by atoms with Crippen molar-refractivity contribution in [1.82, 2.24) is 15.1 Å². The van der Waals surface area contributed by atoms with Crippen LogP contribution in [0.2, 0.25) is 0 Å². The zero-order valence-corrected chi connectivity index (χ0v) is 24.3. The Bertz CT molecular complexity index is 1240. The molecule has 3 aliphatic rings. The van der Waals surface area contributed by atoms with Crippen LogP contribution in [0.15, 0.2) is 59.5 Å². The molecular formula is C30H40ClN3O4S. The van der Waals surface area contributed by atoms with Gasteiger partial charge in [0.05, 0.1) is 16.4 Å². The van der Waals surface area contributed by atoms with Crippen LogP contribution < -0.4 is 5.32 Å². The Morgan fingerprint density at radius 1 is 1.00 bits per heavy atom. The summed E-state index contributed by atoms with van der Waals surface area (Å²) in [6, 6.07) is 17.1. The van der Waals surface area contributed by atoms with E-state index in [1.807, 2.05) is 35.2 Å². The van der Waals surface area contributed by atoms with Crippen molar-refractivity contribution < 1.29 is 18.0 Å². The molecule has 1 atom stereocenters. The molecule has 1 unspecified atom stereocenters. The second-order valence-electron chi connectivity index (χ2n) is 11.4. The van der Waals surface area contributed by atoms with Crippen LogP contribution >= 0.6 is 12.4 Å². The van der Waals surface area contributed by atoms with Gasteiger partial charge in [-0.3, -0.25) is 9.59 Å². The third-order valence-corrected chi connectivity index (χ3v) is 10.00. The lowest BCUT2D eigenvalue weighted by Crippen LogP contribution is -2.45. The summed E-state index contributed by atoms with van der Waals surface area (Å²) in [7, 11) is -3.23. The van der Waals surface area contributed by atoms with Crippen molar-refractivity contribution >= 4 is 34.1 Å². The average molecular weight is 574 g/mol. The molecule has 0 radical (unpaired) electrons. The molecule has 2 heterocycles. The third kappa shape index (κ3) is 6.84. The van der Waals surface area contributed by atoms with E-state index in [1.54, 1.807) is 12.1 Å². The van der Waals surface area contributed by atoms with Gasteiger partial charge in [0.1, 0.15) is 0 Å². The molecule has 2 aliphatic heterocycles. The van der Waals surface area contributed by atoms with Crippen LogP contribution in [-0.2, 0) is 26.0 Å². The third-order valence-electron chi connectivity index (χ3n) is 8.87. The number of nitrogens with one attached hydrogen (secondary N) is 1. The van der Waals surface area contributed by atoms with Gasteiger partial charge in [-0.1, -0.05) is 48.9 Å². The molecule has 2 amide bonds. The lowest BCUT2D eigenvalue weighted by atomic mass is 9.77. The molecule has 0 bridgehead atoms. The summed E-state index contributed by atoms with van der Waals surface area (Å²) in [4.78, 5) is 30.8. The standard InChI is InChI=1S/C30H39N3O4S.ClH/c1-38(36,37)26-12-10-23(11-13-26)22-33-21-17-30(29(33)35)15-19-32(20-16-30)18-14-27(24-6-3-2-4-7-24)31-28(34)25-8-5-9-25;/h2-4,6-7,10-13,25,27H,5,8-9,14-22H2,1H3,(H,31,34);1H. The Hall–Kier alpha value is -2.42. The number of amides is 2. The first-order valence-corrected chi connectivity index (χ1v) is 15.8. The fourth-order valence-corrected chi connectivity index (χ4v) is 6.68. The second kappa shape index (κ2) is 12.4. The molecule has 9 heteroatoms. The van der Waals surface area contributed by atoms with E-state index in [9.17, 15) is 18.0 Å². The molecule has 5 rings (SSSR count). The Morgan fingerprint density at radius 3 is 2.23 bits per heavy atom. The number of nitrogens with zero attached hydrogens (tertiary/aromatic N) is 2. The largest absolute Gasteiger partial charge is 0.349 e. The fraction of sp³-hybridized carbons (Fsp3) is 0.533. The van der Waals surface area contributed by atoms with Gasteiger partial charge in [0.15, 0.2) is 9.84 Å². The van der Waals surface area contributed by atoms with Crippen LogP contribution in [0.1, 0.15) is 62.1 Å². The fourth-order valence-electron chi connectivity index (χ4n) is 6.05. The van der Waals surface area contributed by atoms with E-state index in [2.05, 4.69) is 22.3 Å². The lowest BCUT2D eigenvalue weighted by Gasteiger charge is -2.38. The van der Waals surface area contributed by atoms with E-state index < -0.39 is 9.84 Å². The van der Waals surface area contributed by atoms with E-state index in [0.717, 1.165) is 82.3 Å². The van der Waals surface area contributed by atoms with E-state index in [0.29, 0.717) is 11.4 Å². The first kappa shape index (κ1) is 29.6. The van der Waals surface area contributed by atoms with Gasteiger partial charge in [-0.15, -0.1) is 12.4 Å². The zero-order chi connectivity index (χ0) is 26.8. The highest BCUT2D eigenvalue weighted by atomic mass is 35.5. The number of carbonyl (C=O) groups is 2. The molecule has 1 saturated carbocycles. The normalized spacial score (nSPS) is 20.3. The minimum atomic E-state index is -3.23. The van der Waals surface area contributed by atoms with E-state index in [-0.39, 0.29) is 41.6 Å². The topological polar surface area (TPSA) is 86.8 Å². The summed E-state index contributed by atoms with van der Waals surface area (Å²) in [6.45, 7) is 3.94. The van der Waals surface area contributed by atoms with Gasteiger partial charge in [0.25, 0.3) is 0 Å². The molecule has 2 saturated heterocycles. The molecule has 3 fully saturated rings. The average Bonchev–Trinajstić information content (AvgIpc) is 3.16. The van der Waals surface area contributed by atoms with E-state index >= 15 is 0 Å². The molecule has 2 aromatic rings. The number of hydrogen-bond acceptors (Lipinski definition) is 5. The van der Waals surface area contributed by atoms with Crippen LogP contribution in [-0.4, -0.2) is 62.5 Å². The van der Waals surface area contributed by atoms with Crippen molar-refractivity contribution in [2.45, 2.75) is 62.4 Å². The number of benzene rings is 2. The van der Waals surface area contributed by atoms with Crippen molar-refractivity contribution in [3.8, 4) is 0 Å². The lowest BCUT2D eigenvalue weighted by molar-refractivity contribution is -0.139. The molecule has 212 valence electrons. The molecule has 2 aromatic carbocycles. The van der Waals surface area contributed by atoms with Gasteiger partial charge >= 0.3 is 0 Å². The molecule has 7 nitrogen and oxygen atoms in total. The van der Waals surface area contributed by atoms with E-state index in [4.69, 9.17) is 0 Å².